The number of hydrogen-bond donors (Lipinski definition) is 4. The second-order valence-electron chi connectivity index (χ2n) is 12.1. The minimum Gasteiger partial charge on any atom is -0.467 e. The van der Waals surface area contributed by atoms with Crippen molar-refractivity contribution in [1.82, 2.24) is 16.0 Å². The van der Waals surface area contributed by atoms with E-state index in [1.165, 1.54) is 7.11 Å². The summed E-state index contributed by atoms with van der Waals surface area (Å²) >= 11 is 0. The van der Waals surface area contributed by atoms with Crippen molar-refractivity contribution in [1.29, 1.82) is 0 Å². The Morgan fingerprint density at radius 3 is 1.88 bits per heavy atom. The summed E-state index contributed by atoms with van der Waals surface area (Å²) in [5, 5.41) is 8.02. The molecule has 0 aromatic heterocycles. The molecule has 1 unspecified atom stereocenters. The predicted molar refractivity (Wildman–Crippen MR) is 161 cm³/mol. The summed E-state index contributed by atoms with van der Waals surface area (Å²) < 4.78 is 24.1. The summed E-state index contributed by atoms with van der Waals surface area (Å²) in [6.45, 7) is 14.4. The molecule has 1 aromatic carbocycles. The number of nitrogens with one attached hydrogen (secondary N) is 3. The van der Waals surface area contributed by atoms with Crippen molar-refractivity contribution in [3.63, 3.8) is 0 Å². The van der Waals surface area contributed by atoms with E-state index in [4.69, 9.17) is 9.26 Å². The molecular formula is C30H50N3O8P. The molecule has 0 aliphatic heterocycles. The SMILES string of the molecule is COC(=O)[C@H](Cc1ccccc1)OP(=O)(O)[C@H](CC(C)C)N[C@H](C(=O)NC(=O)[C@@H](NC(=O)CC(C)C)C(C)C)C(C)C. The van der Waals surface area contributed by atoms with Crippen LogP contribution in [-0.2, 0) is 39.4 Å². The zero-order valence-corrected chi connectivity index (χ0v) is 27.3. The maximum absolute atomic E-state index is 13.7. The second-order valence-corrected chi connectivity index (χ2v) is 14.1. The van der Waals surface area contributed by atoms with E-state index in [1.807, 2.05) is 33.8 Å². The highest BCUT2D eigenvalue weighted by molar-refractivity contribution is 7.53. The molecule has 1 aromatic rings. The first-order valence-corrected chi connectivity index (χ1v) is 16.2. The normalized spacial score (nSPS) is 16.0. The molecule has 238 valence electrons. The van der Waals surface area contributed by atoms with Gasteiger partial charge in [-0.1, -0.05) is 85.7 Å². The molecule has 0 aliphatic rings. The zero-order chi connectivity index (χ0) is 32.2. The molecule has 0 saturated heterocycles. The lowest BCUT2D eigenvalue weighted by Gasteiger charge is -2.32. The van der Waals surface area contributed by atoms with Gasteiger partial charge in [-0.25, -0.2) is 4.79 Å². The van der Waals surface area contributed by atoms with E-state index in [-0.39, 0.29) is 42.9 Å². The molecule has 0 aliphatic carbocycles. The molecule has 4 N–H and O–H groups in total. The maximum atomic E-state index is 13.7. The van der Waals surface area contributed by atoms with Gasteiger partial charge in [-0.15, -0.1) is 0 Å². The quantitative estimate of drug-likeness (QED) is 0.152. The minimum atomic E-state index is -4.59. The number of imide groups is 1. The first kappa shape index (κ1) is 37.4. The summed E-state index contributed by atoms with van der Waals surface area (Å²) in [5.74, 6) is -4.40. The van der Waals surface area contributed by atoms with Gasteiger partial charge in [0.25, 0.3) is 0 Å². The minimum absolute atomic E-state index is 0.00811. The van der Waals surface area contributed by atoms with Crippen LogP contribution in [0.5, 0.6) is 0 Å². The molecule has 0 saturated carbocycles. The molecule has 12 heteroatoms. The molecule has 11 nitrogen and oxygen atoms in total. The molecule has 0 bridgehead atoms. The lowest BCUT2D eigenvalue weighted by molar-refractivity contribution is -0.149. The summed E-state index contributed by atoms with van der Waals surface area (Å²) in [4.78, 5) is 62.5. The highest BCUT2D eigenvalue weighted by atomic mass is 31.2. The van der Waals surface area contributed by atoms with Gasteiger partial charge in [-0.3, -0.25) is 34.1 Å². The van der Waals surface area contributed by atoms with Gasteiger partial charge >= 0.3 is 13.6 Å². The van der Waals surface area contributed by atoms with Gasteiger partial charge in [0.15, 0.2) is 6.10 Å². The Morgan fingerprint density at radius 1 is 0.857 bits per heavy atom. The van der Waals surface area contributed by atoms with Gasteiger partial charge in [-0.2, -0.15) is 0 Å². The number of rotatable bonds is 17. The smallest absolute Gasteiger partial charge is 0.345 e. The largest absolute Gasteiger partial charge is 0.467 e. The number of esters is 1. The lowest BCUT2D eigenvalue weighted by Crippen LogP contribution is -2.57. The third-order valence-electron chi connectivity index (χ3n) is 6.52. The number of carbonyl (C=O) groups excluding carboxylic acids is 4. The van der Waals surface area contributed by atoms with E-state index in [0.717, 1.165) is 0 Å². The average Bonchev–Trinajstić information content (AvgIpc) is 2.87. The number of amides is 3. The van der Waals surface area contributed by atoms with Crippen LogP contribution in [0.1, 0.15) is 73.8 Å². The highest BCUT2D eigenvalue weighted by Gasteiger charge is 2.41. The molecule has 0 spiro atoms. The predicted octanol–water partition coefficient (Wildman–Crippen LogP) is 3.79. The third-order valence-corrected chi connectivity index (χ3v) is 8.23. The standard InChI is InChI=1S/C30H50N3O8P/c1-18(2)15-24(34)31-26(20(5)6)28(35)33-29(36)27(21(7)8)32-25(16-19(3)4)42(38,39)41-23(30(37)40-9)17-22-13-11-10-12-14-22/h10-14,18-21,23,25-27,32H,15-17H2,1-9H3,(H,31,34)(H,38,39)(H,33,35,36)/t23-,25+,26-,27-/m0/s1. The van der Waals surface area contributed by atoms with Crippen molar-refractivity contribution >= 4 is 31.3 Å². The second kappa shape index (κ2) is 17.5. The van der Waals surface area contributed by atoms with Crippen LogP contribution >= 0.6 is 7.60 Å². The fourth-order valence-electron chi connectivity index (χ4n) is 4.31. The van der Waals surface area contributed by atoms with E-state index in [1.54, 1.807) is 52.0 Å². The first-order valence-electron chi connectivity index (χ1n) is 14.5. The molecular weight excluding hydrogens is 561 g/mol. The van der Waals surface area contributed by atoms with E-state index in [9.17, 15) is 28.6 Å². The Morgan fingerprint density at radius 2 is 1.40 bits per heavy atom. The van der Waals surface area contributed by atoms with Crippen LogP contribution in [-0.4, -0.2) is 59.7 Å². The number of benzene rings is 1. The van der Waals surface area contributed by atoms with Gasteiger partial charge < -0.3 is 14.9 Å². The van der Waals surface area contributed by atoms with Crippen LogP contribution in [0.25, 0.3) is 0 Å². The highest BCUT2D eigenvalue weighted by Crippen LogP contribution is 2.50. The van der Waals surface area contributed by atoms with Gasteiger partial charge in [0.2, 0.25) is 17.7 Å². The van der Waals surface area contributed by atoms with Crippen LogP contribution < -0.4 is 16.0 Å². The maximum Gasteiger partial charge on any atom is 0.345 e. The Labute approximate surface area is 250 Å². The van der Waals surface area contributed by atoms with Crippen molar-refractivity contribution in [2.45, 2.75) is 98.6 Å². The molecule has 0 heterocycles. The van der Waals surface area contributed by atoms with Crippen LogP contribution in [0.4, 0.5) is 0 Å². The Balaban J connectivity index is 3.19. The Kier molecular flexibility index (Phi) is 15.6. The fourth-order valence-corrected chi connectivity index (χ4v) is 6.02. The van der Waals surface area contributed by atoms with Gasteiger partial charge in [0.1, 0.15) is 11.8 Å². The first-order chi connectivity index (χ1) is 19.5. The molecule has 3 amide bonds. The number of ether oxygens (including phenoxy) is 1. The van der Waals surface area contributed by atoms with E-state index < -0.39 is 55.3 Å². The fraction of sp³-hybridized carbons (Fsp3) is 0.667. The molecule has 0 radical (unpaired) electrons. The monoisotopic (exact) mass is 611 g/mol. The van der Waals surface area contributed by atoms with Crippen molar-refractivity contribution in [3.8, 4) is 0 Å². The van der Waals surface area contributed by atoms with Crippen molar-refractivity contribution in [3.05, 3.63) is 35.9 Å². The summed E-state index contributed by atoms with van der Waals surface area (Å²) in [6, 6.07) is 6.88. The number of methoxy groups -OCH3 is 1. The Bertz CT molecular complexity index is 1080. The Hall–Kier alpha value is -2.59. The van der Waals surface area contributed by atoms with Crippen LogP contribution in [0.15, 0.2) is 30.3 Å². The molecule has 5 atom stereocenters. The van der Waals surface area contributed by atoms with Gasteiger partial charge in [-0.05, 0) is 35.7 Å². The average molecular weight is 612 g/mol. The summed E-state index contributed by atoms with van der Waals surface area (Å²) in [7, 11) is -3.42. The topological polar surface area (TPSA) is 160 Å². The van der Waals surface area contributed by atoms with Crippen molar-refractivity contribution in [2.24, 2.45) is 23.7 Å². The van der Waals surface area contributed by atoms with E-state index in [0.29, 0.717) is 5.56 Å². The summed E-state index contributed by atoms with van der Waals surface area (Å²) in [6.07, 6.45) is -0.982. The number of carbonyl (C=O) groups is 4. The van der Waals surface area contributed by atoms with Crippen LogP contribution in [0.3, 0.4) is 0 Å². The van der Waals surface area contributed by atoms with E-state index >= 15 is 0 Å². The van der Waals surface area contributed by atoms with Gasteiger partial charge in [0.05, 0.1) is 13.2 Å². The number of hydrogen-bond acceptors (Lipinski definition) is 8. The zero-order valence-electron chi connectivity index (χ0n) is 26.4. The molecule has 1 rings (SSSR count). The third kappa shape index (κ3) is 12.7. The van der Waals surface area contributed by atoms with Crippen molar-refractivity contribution in [2.75, 3.05) is 7.11 Å². The van der Waals surface area contributed by atoms with Crippen LogP contribution in [0.2, 0.25) is 0 Å². The van der Waals surface area contributed by atoms with Gasteiger partial charge in [0, 0.05) is 12.8 Å². The van der Waals surface area contributed by atoms with Crippen LogP contribution in [0, 0.1) is 23.7 Å². The lowest BCUT2D eigenvalue weighted by atomic mass is 10.00. The molecule has 42 heavy (non-hydrogen) atoms. The van der Waals surface area contributed by atoms with Crippen molar-refractivity contribution < 1.29 is 37.9 Å². The molecule has 0 fully saturated rings. The van der Waals surface area contributed by atoms with E-state index in [2.05, 4.69) is 16.0 Å². The summed E-state index contributed by atoms with van der Waals surface area (Å²) in [5.41, 5.74) is 0.708.